The fourth-order valence-corrected chi connectivity index (χ4v) is 3.03. The van der Waals surface area contributed by atoms with Crippen LogP contribution in [0.15, 0.2) is 0 Å². The Bertz CT molecular complexity index is 311. The number of rotatable bonds is 0. The summed E-state index contributed by atoms with van der Waals surface area (Å²) in [6.07, 6.45) is 5.14. The van der Waals surface area contributed by atoms with E-state index in [2.05, 4.69) is 0 Å². The minimum atomic E-state index is -0.425. The van der Waals surface area contributed by atoms with E-state index < -0.39 is 5.60 Å². The minimum Gasteiger partial charge on any atom is -0.444 e. The van der Waals surface area contributed by atoms with Crippen molar-refractivity contribution in [1.29, 1.82) is 0 Å². The second-order valence-electron chi connectivity index (χ2n) is 6.42. The molecule has 1 aliphatic heterocycles. The second kappa shape index (κ2) is 4.16. The monoisotopic (exact) mass is 240 g/mol. The zero-order valence-corrected chi connectivity index (χ0v) is 11.2. The molecular weight excluding hydrogens is 216 g/mol. The van der Waals surface area contributed by atoms with Gasteiger partial charge in [-0.1, -0.05) is 12.8 Å². The highest BCUT2D eigenvalue weighted by atomic mass is 16.6. The molecule has 98 valence electrons. The Kier molecular flexibility index (Phi) is 3.10. The highest BCUT2D eigenvalue weighted by Crippen LogP contribution is 2.38. The lowest BCUT2D eigenvalue weighted by Crippen LogP contribution is -2.55. The summed E-state index contributed by atoms with van der Waals surface area (Å²) in [5.41, 5.74) is 5.82. The van der Waals surface area contributed by atoms with Gasteiger partial charge in [-0.2, -0.15) is 0 Å². The van der Waals surface area contributed by atoms with Crippen molar-refractivity contribution >= 4 is 6.09 Å². The van der Waals surface area contributed by atoms with Crippen LogP contribution in [0.3, 0.4) is 0 Å². The number of ether oxygens (including phenoxy) is 1. The maximum Gasteiger partial charge on any atom is 0.410 e. The molecule has 2 unspecified atom stereocenters. The van der Waals surface area contributed by atoms with Crippen LogP contribution in [0.2, 0.25) is 0 Å². The normalized spacial score (nSPS) is 33.4. The SMILES string of the molecule is CC(C)(C)OC(=O)N1CCC2(N)CCCCC12. The number of hydrogen-bond acceptors (Lipinski definition) is 3. The van der Waals surface area contributed by atoms with Crippen molar-refractivity contribution in [2.45, 2.75) is 70.1 Å². The van der Waals surface area contributed by atoms with Gasteiger partial charge >= 0.3 is 6.09 Å². The molecule has 1 saturated heterocycles. The van der Waals surface area contributed by atoms with Crippen LogP contribution in [-0.4, -0.2) is 34.7 Å². The van der Waals surface area contributed by atoms with Gasteiger partial charge in [0.1, 0.15) is 5.60 Å². The smallest absolute Gasteiger partial charge is 0.410 e. The van der Waals surface area contributed by atoms with E-state index in [9.17, 15) is 4.79 Å². The van der Waals surface area contributed by atoms with E-state index in [4.69, 9.17) is 10.5 Å². The number of fused-ring (bicyclic) bond motifs is 1. The average molecular weight is 240 g/mol. The molecule has 1 amide bonds. The maximum atomic E-state index is 12.1. The highest BCUT2D eigenvalue weighted by molar-refractivity contribution is 5.69. The van der Waals surface area contributed by atoms with Gasteiger partial charge < -0.3 is 15.4 Å². The molecule has 0 radical (unpaired) electrons. The molecule has 1 aliphatic carbocycles. The van der Waals surface area contributed by atoms with Gasteiger partial charge in [-0.15, -0.1) is 0 Å². The third-order valence-corrected chi connectivity index (χ3v) is 3.86. The lowest BCUT2D eigenvalue weighted by molar-refractivity contribution is 0.0167. The Labute approximate surface area is 103 Å². The van der Waals surface area contributed by atoms with Crippen molar-refractivity contribution in [2.24, 2.45) is 5.73 Å². The van der Waals surface area contributed by atoms with Crippen LogP contribution in [-0.2, 0) is 4.74 Å². The van der Waals surface area contributed by atoms with Crippen molar-refractivity contribution in [3.05, 3.63) is 0 Å². The van der Waals surface area contributed by atoms with Crippen LogP contribution in [0.4, 0.5) is 4.79 Å². The summed E-state index contributed by atoms with van der Waals surface area (Å²) in [6.45, 7) is 6.45. The van der Waals surface area contributed by atoms with Gasteiger partial charge in [0.25, 0.3) is 0 Å². The molecule has 1 heterocycles. The van der Waals surface area contributed by atoms with Gasteiger partial charge in [0.2, 0.25) is 0 Å². The first-order valence-corrected chi connectivity index (χ1v) is 6.60. The molecule has 0 aromatic rings. The molecule has 2 aliphatic rings. The molecule has 0 aromatic carbocycles. The van der Waals surface area contributed by atoms with Crippen molar-refractivity contribution < 1.29 is 9.53 Å². The van der Waals surface area contributed by atoms with E-state index in [1.807, 2.05) is 25.7 Å². The number of amides is 1. The minimum absolute atomic E-state index is 0.158. The Morgan fingerprint density at radius 2 is 2.06 bits per heavy atom. The Balaban J connectivity index is 2.05. The third kappa shape index (κ3) is 2.57. The second-order valence-corrected chi connectivity index (χ2v) is 6.42. The molecule has 2 fully saturated rings. The fraction of sp³-hybridized carbons (Fsp3) is 0.923. The van der Waals surface area contributed by atoms with Gasteiger partial charge in [0, 0.05) is 12.1 Å². The molecule has 2 atom stereocenters. The van der Waals surface area contributed by atoms with E-state index in [0.717, 1.165) is 25.8 Å². The van der Waals surface area contributed by atoms with Gasteiger partial charge in [0.05, 0.1) is 6.04 Å². The van der Waals surface area contributed by atoms with E-state index in [0.29, 0.717) is 0 Å². The lowest BCUT2D eigenvalue weighted by Gasteiger charge is -2.39. The number of likely N-dealkylation sites (tertiary alicyclic amines) is 1. The van der Waals surface area contributed by atoms with Gasteiger partial charge in [-0.05, 0) is 40.0 Å². The van der Waals surface area contributed by atoms with Gasteiger partial charge in [-0.3, -0.25) is 0 Å². The number of nitrogens with zero attached hydrogens (tertiary/aromatic N) is 1. The molecule has 2 rings (SSSR count). The topological polar surface area (TPSA) is 55.6 Å². The summed E-state index contributed by atoms with van der Waals surface area (Å²) in [7, 11) is 0. The summed E-state index contributed by atoms with van der Waals surface area (Å²) >= 11 is 0. The standard InChI is InChI=1S/C13H24N2O2/c1-12(2,3)17-11(16)15-9-8-13(14)7-5-4-6-10(13)15/h10H,4-9,14H2,1-3H3. The average Bonchev–Trinajstić information content (AvgIpc) is 2.52. The first-order valence-electron chi connectivity index (χ1n) is 6.60. The number of hydrogen-bond donors (Lipinski definition) is 1. The van der Waals surface area contributed by atoms with Crippen molar-refractivity contribution in [3.63, 3.8) is 0 Å². The molecule has 1 saturated carbocycles. The van der Waals surface area contributed by atoms with Crippen LogP contribution in [0.5, 0.6) is 0 Å². The third-order valence-electron chi connectivity index (χ3n) is 3.86. The lowest BCUT2D eigenvalue weighted by atomic mass is 9.79. The summed E-state index contributed by atoms with van der Waals surface area (Å²) in [5, 5.41) is 0. The van der Waals surface area contributed by atoms with E-state index >= 15 is 0 Å². The zero-order valence-electron chi connectivity index (χ0n) is 11.2. The van der Waals surface area contributed by atoms with E-state index in [1.165, 1.54) is 12.8 Å². The number of carbonyl (C=O) groups is 1. The molecule has 4 nitrogen and oxygen atoms in total. The Hall–Kier alpha value is -0.770. The fourth-order valence-electron chi connectivity index (χ4n) is 3.03. The molecular formula is C13H24N2O2. The maximum absolute atomic E-state index is 12.1. The van der Waals surface area contributed by atoms with Crippen LogP contribution >= 0.6 is 0 Å². The predicted octanol–water partition coefficient (Wildman–Crippen LogP) is 2.27. The summed E-state index contributed by atoms with van der Waals surface area (Å²) in [6, 6.07) is 0.186. The van der Waals surface area contributed by atoms with Crippen LogP contribution in [0.25, 0.3) is 0 Å². The number of nitrogens with two attached hydrogens (primary N) is 1. The molecule has 0 aromatic heterocycles. The summed E-state index contributed by atoms with van der Waals surface area (Å²) in [4.78, 5) is 14.0. The molecule has 0 spiro atoms. The van der Waals surface area contributed by atoms with E-state index in [-0.39, 0.29) is 17.7 Å². The quantitative estimate of drug-likeness (QED) is 0.706. The van der Waals surface area contributed by atoms with Crippen molar-refractivity contribution in [2.75, 3.05) is 6.54 Å². The van der Waals surface area contributed by atoms with Crippen molar-refractivity contribution in [3.8, 4) is 0 Å². The molecule has 17 heavy (non-hydrogen) atoms. The first-order chi connectivity index (χ1) is 7.82. The summed E-state index contributed by atoms with van der Waals surface area (Å²) in [5.74, 6) is 0. The van der Waals surface area contributed by atoms with Crippen LogP contribution in [0, 0.1) is 0 Å². The van der Waals surface area contributed by atoms with Crippen molar-refractivity contribution in [1.82, 2.24) is 4.90 Å². The van der Waals surface area contributed by atoms with E-state index in [1.54, 1.807) is 0 Å². The highest BCUT2D eigenvalue weighted by Gasteiger charge is 2.48. The van der Waals surface area contributed by atoms with Crippen LogP contribution in [0.1, 0.15) is 52.9 Å². The molecule has 0 bridgehead atoms. The van der Waals surface area contributed by atoms with Gasteiger partial charge in [0.15, 0.2) is 0 Å². The zero-order chi connectivity index (χ0) is 12.7. The van der Waals surface area contributed by atoms with Gasteiger partial charge in [-0.25, -0.2) is 4.79 Å². The van der Waals surface area contributed by atoms with Crippen LogP contribution < -0.4 is 5.73 Å². The Morgan fingerprint density at radius 3 is 2.71 bits per heavy atom. The Morgan fingerprint density at radius 1 is 1.35 bits per heavy atom. The number of carbonyl (C=O) groups excluding carboxylic acids is 1. The summed E-state index contributed by atoms with van der Waals surface area (Å²) < 4.78 is 5.45. The first kappa shape index (κ1) is 12.7. The largest absolute Gasteiger partial charge is 0.444 e. The molecule has 4 heteroatoms. The predicted molar refractivity (Wildman–Crippen MR) is 66.7 cm³/mol. The molecule has 2 N–H and O–H groups in total.